The number of carbonyl (C=O) groups is 1. The Morgan fingerprint density at radius 1 is 1.30 bits per heavy atom. The molecule has 0 spiro atoms. The van der Waals surface area contributed by atoms with E-state index in [-0.39, 0.29) is 18.2 Å². The van der Waals surface area contributed by atoms with Crippen molar-refractivity contribution in [2.45, 2.75) is 19.4 Å². The Bertz CT molecular complexity index is 517. The smallest absolute Gasteiger partial charge is 0.237 e. The second kappa shape index (κ2) is 7.98. The first-order valence-corrected chi connectivity index (χ1v) is 8.14. The Kier molecular flexibility index (Phi) is 6.63. The Balaban J connectivity index is 2.36. The standard InChI is InChI=1S/C13H21N3O3S/c1-2-16-20(18,19)9-8-15-13(17)12(14)10-11-6-4-3-5-7-11/h3-7,12,16H,2,8-10,14H2,1H3,(H,15,17)/t12-/m1/s1. The van der Waals surface area contributed by atoms with Crippen molar-refractivity contribution in [2.24, 2.45) is 5.73 Å². The number of nitrogens with two attached hydrogens (primary N) is 1. The maximum absolute atomic E-state index is 11.7. The molecule has 7 heteroatoms. The quantitative estimate of drug-likeness (QED) is 0.608. The molecule has 1 aromatic carbocycles. The molecule has 0 aliphatic heterocycles. The third-order valence-corrected chi connectivity index (χ3v) is 4.14. The summed E-state index contributed by atoms with van der Waals surface area (Å²) >= 11 is 0. The van der Waals surface area contributed by atoms with E-state index in [9.17, 15) is 13.2 Å². The van der Waals surface area contributed by atoms with Crippen LogP contribution in [0.25, 0.3) is 0 Å². The van der Waals surface area contributed by atoms with E-state index in [1.165, 1.54) is 0 Å². The van der Waals surface area contributed by atoms with Gasteiger partial charge >= 0.3 is 0 Å². The van der Waals surface area contributed by atoms with Crippen molar-refractivity contribution < 1.29 is 13.2 Å². The normalized spacial score (nSPS) is 12.9. The van der Waals surface area contributed by atoms with Crippen molar-refractivity contribution in [3.8, 4) is 0 Å². The highest BCUT2D eigenvalue weighted by molar-refractivity contribution is 7.89. The van der Waals surface area contributed by atoms with Crippen LogP contribution in [0.15, 0.2) is 30.3 Å². The number of benzene rings is 1. The molecule has 6 nitrogen and oxygen atoms in total. The first kappa shape index (κ1) is 16.6. The second-order valence-corrected chi connectivity index (χ2v) is 6.33. The molecular weight excluding hydrogens is 278 g/mol. The molecule has 20 heavy (non-hydrogen) atoms. The molecule has 4 N–H and O–H groups in total. The molecule has 1 rings (SSSR count). The van der Waals surface area contributed by atoms with Gasteiger partial charge in [0.25, 0.3) is 0 Å². The molecule has 0 saturated heterocycles. The average Bonchev–Trinajstić information content (AvgIpc) is 2.39. The summed E-state index contributed by atoms with van der Waals surface area (Å²) < 4.78 is 25.1. The lowest BCUT2D eigenvalue weighted by atomic mass is 10.1. The highest BCUT2D eigenvalue weighted by Crippen LogP contribution is 2.01. The molecule has 0 fully saturated rings. The minimum atomic E-state index is -3.32. The fourth-order valence-electron chi connectivity index (χ4n) is 1.69. The number of amides is 1. The van der Waals surface area contributed by atoms with Gasteiger partial charge in [0.15, 0.2) is 0 Å². The summed E-state index contributed by atoms with van der Waals surface area (Å²) in [6.07, 6.45) is 0.423. The van der Waals surface area contributed by atoms with E-state index in [4.69, 9.17) is 5.73 Å². The largest absolute Gasteiger partial charge is 0.354 e. The van der Waals surface area contributed by atoms with E-state index in [0.29, 0.717) is 13.0 Å². The number of hydrogen-bond acceptors (Lipinski definition) is 4. The number of rotatable bonds is 8. The van der Waals surface area contributed by atoms with Crippen LogP contribution in [0.4, 0.5) is 0 Å². The minimum absolute atomic E-state index is 0.0522. The monoisotopic (exact) mass is 299 g/mol. The molecule has 0 heterocycles. The van der Waals surface area contributed by atoms with E-state index in [1.54, 1.807) is 6.92 Å². The van der Waals surface area contributed by atoms with E-state index < -0.39 is 16.1 Å². The summed E-state index contributed by atoms with van der Waals surface area (Å²) in [5.41, 5.74) is 6.75. The lowest BCUT2D eigenvalue weighted by Crippen LogP contribution is -2.44. The maximum atomic E-state index is 11.7. The summed E-state index contributed by atoms with van der Waals surface area (Å²) in [6, 6.07) is 8.75. The SMILES string of the molecule is CCNS(=O)(=O)CCNC(=O)[C@H](N)Cc1ccccc1. The van der Waals surface area contributed by atoms with Crippen LogP contribution in [0, 0.1) is 0 Å². The van der Waals surface area contributed by atoms with Crippen LogP contribution in [0.5, 0.6) is 0 Å². The zero-order valence-electron chi connectivity index (χ0n) is 11.5. The number of sulfonamides is 1. The molecule has 1 atom stereocenters. The fraction of sp³-hybridized carbons (Fsp3) is 0.462. The van der Waals surface area contributed by atoms with Gasteiger partial charge < -0.3 is 11.1 Å². The van der Waals surface area contributed by atoms with E-state index in [1.807, 2.05) is 30.3 Å². The van der Waals surface area contributed by atoms with Gasteiger partial charge in [-0.25, -0.2) is 13.1 Å². The highest BCUT2D eigenvalue weighted by atomic mass is 32.2. The van der Waals surface area contributed by atoms with Crippen molar-refractivity contribution in [2.75, 3.05) is 18.8 Å². The van der Waals surface area contributed by atoms with Gasteiger partial charge in [-0.1, -0.05) is 37.3 Å². The van der Waals surface area contributed by atoms with Gasteiger partial charge in [0.05, 0.1) is 11.8 Å². The Labute approximate surface area is 119 Å². The third kappa shape index (κ3) is 6.14. The van der Waals surface area contributed by atoms with Gasteiger partial charge in [0.2, 0.25) is 15.9 Å². The summed E-state index contributed by atoms with van der Waals surface area (Å²) in [4.78, 5) is 11.7. The van der Waals surface area contributed by atoms with E-state index in [2.05, 4.69) is 10.0 Å². The lowest BCUT2D eigenvalue weighted by Gasteiger charge is -2.12. The van der Waals surface area contributed by atoms with Crippen LogP contribution in [0.1, 0.15) is 12.5 Å². The zero-order valence-corrected chi connectivity index (χ0v) is 12.3. The molecule has 1 aromatic rings. The molecule has 0 aliphatic carbocycles. The van der Waals surface area contributed by atoms with Gasteiger partial charge in [0.1, 0.15) is 0 Å². The van der Waals surface area contributed by atoms with Gasteiger partial charge in [-0.3, -0.25) is 4.79 Å². The number of nitrogens with one attached hydrogen (secondary N) is 2. The zero-order chi connectivity index (χ0) is 15.0. The molecule has 112 valence electrons. The highest BCUT2D eigenvalue weighted by Gasteiger charge is 2.15. The summed E-state index contributed by atoms with van der Waals surface area (Å²) in [7, 11) is -3.32. The maximum Gasteiger partial charge on any atom is 0.237 e. The minimum Gasteiger partial charge on any atom is -0.354 e. The van der Waals surface area contributed by atoms with Gasteiger partial charge in [0, 0.05) is 13.1 Å². The summed E-state index contributed by atoms with van der Waals surface area (Å²) in [5, 5.41) is 2.53. The molecule has 0 aromatic heterocycles. The summed E-state index contributed by atoms with van der Waals surface area (Å²) in [6.45, 7) is 2.09. The molecule has 0 bridgehead atoms. The van der Waals surface area contributed by atoms with Crippen molar-refractivity contribution in [3.63, 3.8) is 0 Å². The lowest BCUT2D eigenvalue weighted by molar-refractivity contribution is -0.122. The van der Waals surface area contributed by atoms with Crippen LogP contribution >= 0.6 is 0 Å². The summed E-state index contributed by atoms with van der Waals surface area (Å²) in [5.74, 6) is -0.495. The first-order chi connectivity index (χ1) is 9.44. The Hall–Kier alpha value is -1.44. The molecular formula is C13H21N3O3S. The number of hydrogen-bond donors (Lipinski definition) is 3. The molecule has 1 amide bonds. The van der Waals surface area contributed by atoms with Gasteiger partial charge in [-0.2, -0.15) is 0 Å². The first-order valence-electron chi connectivity index (χ1n) is 6.49. The topological polar surface area (TPSA) is 101 Å². The third-order valence-electron chi connectivity index (χ3n) is 2.67. The number of carbonyl (C=O) groups excluding carboxylic acids is 1. The predicted molar refractivity (Wildman–Crippen MR) is 78.6 cm³/mol. The molecule has 0 radical (unpaired) electrons. The molecule has 0 saturated carbocycles. The second-order valence-electron chi connectivity index (χ2n) is 4.40. The van der Waals surface area contributed by atoms with Crippen molar-refractivity contribution in [1.29, 1.82) is 0 Å². The van der Waals surface area contributed by atoms with Crippen molar-refractivity contribution in [3.05, 3.63) is 35.9 Å². The Morgan fingerprint density at radius 3 is 2.55 bits per heavy atom. The van der Waals surface area contributed by atoms with Crippen LogP contribution in [-0.2, 0) is 21.2 Å². The molecule has 0 unspecified atom stereocenters. The van der Waals surface area contributed by atoms with Gasteiger partial charge in [-0.05, 0) is 12.0 Å². The Morgan fingerprint density at radius 2 is 1.95 bits per heavy atom. The van der Waals surface area contributed by atoms with E-state index >= 15 is 0 Å². The van der Waals surface area contributed by atoms with Gasteiger partial charge in [-0.15, -0.1) is 0 Å². The van der Waals surface area contributed by atoms with Crippen LogP contribution in [-0.4, -0.2) is 39.2 Å². The average molecular weight is 299 g/mol. The van der Waals surface area contributed by atoms with E-state index in [0.717, 1.165) is 5.56 Å². The fourth-order valence-corrected chi connectivity index (χ4v) is 2.65. The predicted octanol–water partition coefficient (Wildman–Crippen LogP) is -0.388. The van der Waals surface area contributed by atoms with Crippen LogP contribution in [0.3, 0.4) is 0 Å². The van der Waals surface area contributed by atoms with Crippen molar-refractivity contribution in [1.82, 2.24) is 10.0 Å². The van der Waals surface area contributed by atoms with Crippen LogP contribution in [0.2, 0.25) is 0 Å². The van der Waals surface area contributed by atoms with Crippen molar-refractivity contribution >= 4 is 15.9 Å². The van der Waals surface area contributed by atoms with Crippen LogP contribution < -0.4 is 15.8 Å². The molecule has 0 aliphatic rings.